The second-order valence-electron chi connectivity index (χ2n) is 7.29. The van der Waals surface area contributed by atoms with Gasteiger partial charge in [-0.15, -0.1) is 12.4 Å². The highest BCUT2D eigenvalue weighted by Crippen LogP contribution is 2.34. The Hall–Kier alpha value is -1.80. The minimum absolute atomic E-state index is 0. The molecule has 2 unspecified atom stereocenters. The van der Waals surface area contributed by atoms with E-state index in [9.17, 15) is 22.8 Å². The first-order chi connectivity index (χ1) is 13.2. The van der Waals surface area contributed by atoms with E-state index in [1.807, 2.05) is 6.92 Å². The highest BCUT2D eigenvalue weighted by atomic mass is 35.5. The summed E-state index contributed by atoms with van der Waals surface area (Å²) in [5.74, 6) is -0.189. The van der Waals surface area contributed by atoms with Gasteiger partial charge >= 0.3 is 6.18 Å². The average Bonchev–Trinajstić information content (AvgIpc) is 2.66. The lowest BCUT2D eigenvalue weighted by molar-refractivity contribution is -0.137. The Bertz CT molecular complexity index is 679. The molecule has 9 heteroatoms. The van der Waals surface area contributed by atoms with Crippen LogP contribution in [0.5, 0.6) is 0 Å². The SMILES string of the molecule is CCN(CC(=O)Nc1ccccc1C(F)(F)F)C(=O)CC(C)C1CCCNC1.Cl. The summed E-state index contributed by atoms with van der Waals surface area (Å²) in [6.07, 6.45) is -2.08. The fourth-order valence-electron chi connectivity index (χ4n) is 3.51. The van der Waals surface area contributed by atoms with E-state index in [4.69, 9.17) is 0 Å². The Morgan fingerprint density at radius 3 is 2.59 bits per heavy atom. The smallest absolute Gasteiger partial charge is 0.334 e. The van der Waals surface area contributed by atoms with Crippen molar-refractivity contribution in [2.45, 2.75) is 39.3 Å². The summed E-state index contributed by atoms with van der Waals surface area (Å²) in [5.41, 5.74) is -1.21. The predicted molar refractivity (Wildman–Crippen MR) is 109 cm³/mol. The number of alkyl halides is 3. The quantitative estimate of drug-likeness (QED) is 0.682. The molecule has 0 aliphatic carbocycles. The number of amides is 2. The second-order valence-corrected chi connectivity index (χ2v) is 7.29. The highest BCUT2D eigenvalue weighted by molar-refractivity contribution is 5.95. The summed E-state index contributed by atoms with van der Waals surface area (Å²) in [7, 11) is 0. The minimum Gasteiger partial charge on any atom is -0.334 e. The largest absolute Gasteiger partial charge is 0.418 e. The summed E-state index contributed by atoms with van der Waals surface area (Å²) < 4.78 is 39.2. The van der Waals surface area contributed by atoms with E-state index in [2.05, 4.69) is 10.6 Å². The van der Waals surface area contributed by atoms with Crippen LogP contribution in [0.25, 0.3) is 0 Å². The van der Waals surface area contributed by atoms with Crippen molar-refractivity contribution in [2.24, 2.45) is 11.8 Å². The number of benzene rings is 1. The molecule has 1 fully saturated rings. The van der Waals surface area contributed by atoms with Gasteiger partial charge in [-0.2, -0.15) is 13.2 Å². The van der Waals surface area contributed by atoms with E-state index < -0.39 is 17.6 Å². The van der Waals surface area contributed by atoms with E-state index in [1.165, 1.54) is 23.1 Å². The number of carbonyl (C=O) groups excluding carboxylic acids is 2. The molecule has 0 spiro atoms. The van der Waals surface area contributed by atoms with Crippen LogP contribution in [-0.2, 0) is 15.8 Å². The van der Waals surface area contributed by atoms with Gasteiger partial charge < -0.3 is 15.5 Å². The Labute approximate surface area is 175 Å². The first kappa shape index (κ1) is 25.2. The molecule has 1 saturated heterocycles. The lowest BCUT2D eigenvalue weighted by Gasteiger charge is -2.29. The summed E-state index contributed by atoms with van der Waals surface area (Å²) in [6, 6.07) is 4.81. The van der Waals surface area contributed by atoms with Crippen molar-refractivity contribution >= 4 is 29.9 Å². The lowest BCUT2D eigenvalue weighted by Crippen LogP contribution is -2.40. The zero-order valence-electron chi connectivity index (χ0n) is 16.7. The molecule has 29 heavy (non-hydrogen) atoms. The fourth-order valence-corrected chi connectivity index (χ4v) is 3.51. The van der Waals surface area contributed by atoms with Crippen LogP contribution in [-0.4, -0.2) is 42.9 Å². The summed E-state index contributed by atoms with van der Waals surface area (Å²) in [6.45, 7) is 5.72. The van der Waals surface area contributed by atoms with Gasteiger partial charge in [-0.05, 0) is 56.8 Å². The Balaban J connectivity index is 0.00000420. The van der Waals surface area contributed by atoms with E-state index in [-0.39, 0.29) is 36.5 Å². The van der Waals surface area contributed by atoms with E-state index in [0.29, 0.717) is 18.9 Å². The molecule has 1 aromatic rings. The van der Waals surface area contributed by atoms with E-state index in [0.717, 1.165) is 32.0 Å². The van der Waals surface area contributed by atoms with E-state index in [1.54, 1.807) is 6.92 Å². The van der Waals surface area contributed by atoms with Crippen LogP contribution in [0.3, 0.4) is 0 Å². The van der Waals surface area contributed by atoms with Crippen molar-refractivity contribution < 1.29 is 22.8 Å². The zero-order valence-corrected chi connectivity index (χ0v) is 17.5. The molecule has 0 radical (unpaired) electrons. The number of hydrogen-bond donors (Lipinski definition) is 2. The van der Waals surface area contributed by atoms with Gasteiger partial charge in [0, 0.05) is 13.0 Å². The van der Waals surface area contributed by atoms with E-state index >= 15 is 0 Å². The van der Waals surface area contributed by atoms with Crippen LogP contribution in [0.4, 0.5) is 18.9 Å². The summed E-state index contributed by atoms with van der Waals surface area (Å²) in [4.78, 5) is 26.2. The van der Waals surface area contributed by atoms with Crippen LogP contribution in [0.1, 0.15) is 38.7 Å². The van der Waals surface area contributed by atoms with Crippen LogP contribution >= 0.6 is 12.4 Å². The molecule has 1 aliphatic rings. The van der Waals surface area contributed by atoms with Crippen molar-refractivity contribution in [3.8, 4) is 0 Å². The topological polar surface area (TPSA) is 61.4 Å². The number of para-hydroxylation sites is 1. The second kappa shape index (κ2) is 11.4. The van der Waals surface area contributed by atoms with Crippen LogP contribution in [0.2, 0.25) is 0 Å². The van der Waals surface area contributed by atoms with Crippen LogP contribution < -0.4 is 10.6 Å². The maximum atomic E-state index is 13.1. The first-order valence-corrected chi connectivity index (χ1v) is 9.67. The molecule has 2 amide bonds. The molecule has 164 valence electrons. The monoisotopic (exact) mass is 435 g/mol. The number of halogens is 4. The number of rotatable bonds is 7. The summed E-state index contributed by atoms with van der Waals surface area (Å²) >= 11 is 0. The third-order valence-corrected chi connectivity index (χ3v) is 5.21. The van der Waals surface area contributed by atoms with Crippen LogP contribution in [0, 0.1) is 11.8 Å². The van der Waals surface area contributed by atoms with Gasteiger partial charge in [-0.1, -0.05) is 19.1 Å². The molecule has 2 atom stereocenters. The molecule has 2 N–H and O–H groups in total. The molecule has 1 heterocycles. The number of carbonyl (C=O) groups is 2. The zero-order chi connectivity index (χ0) is 20.7. The van der Waals surface area contributed by atoms with Gasteiger partial charge in [0.1, 0.15) is 0 Å². The number of hydrogen-bond acceptors (Lipinski definition) is 3. The summed E-state index contributed by atoms with van der Waals surface area (Å²) in [5, 5.41) is 5.62. The molecule has 1 aromatic carbocycles. The number of nitrogens with zero attached hydrogens (tertiary/aromatic N) is 1. The molecule has 1 aliphatic heterocycles. The molecule has 0 aromatic heterocycles. The standard InChI is InChI=1S/C20H28F3N3O2.ClH/c1-3-26(19(28)11-14(2)15-7-6-10-24-12-15)13-18(27)25-17-9-5-4-8-16(17)20(21,22)23;/h4-5,8-9,14-15,24H,3,6-7,10-13H2,1-2H3,(H,25,27);1H. The van der Waals surface area contributed by atoms with Crippen LogP contribution in [0.15, 0.2) is 24.3 Å². The van der Waals surface area contributed by atoms with Crippen molar-refractivity contribution in [1.29, 1.82) is 0 Å². The third kappa shape index (κ3) is 7.51. The number of anilines is 1. The molecular formula is C20H29ClF3N3O2. The van der Waals surface area contributed by atoms with Gasteiger partial charge in [0.25, 0.3) is 0 Å². The van der Waals surface area contributed by atoms with Gasteiger partial charge in [0.2, 0.25) is 11.8 Å². The molecule has 2 rings (SSSR count). The third-order valence-electron chi connectivity index (χ3n) is 5.21. The van der Waals surface area contributed by atoms with Crippen molar-refractivity contribution in [2.75, 3.05) is 31.5 Å². The van der Waals surface area contributed by atoms with Crippen molar-refractivity contribution in [3.05, 3.63) is 29.8 Å². The van der Waals surface area contributed by atoms with Crippen molar-refractivity contribution in [3.63, 3.8) is 0 Å². The first-order valence-electron chi connectivity index (χ1n) is 9.67. The number of likely N-dealkylation sites (N-methyl/N-ethyl adjacent to an activating group) is 1. The number of piperidine rings is 1. The molecule has 5 nitrogen and oxygen atoms in total. The molecule has 0 saturated carbocycles. The molecule has 0 bridgehead atoms. The normalized spacial score (nSPS) is 17.8. The number of nitrogens with one attached hydrogen (secondary N) is 2. The maximum Gasteiger partial charge on any atom is 0.418 e. The fraction of sp³-hybridized carbons (Fsp3) is 0.600. The maximum absolute atomic E-state index is 13.1. The lowest BCUT2D eigenvalue weighted by atomic mass is 9.85. The Morgan fingerprint density at radius 2 is 2.00 bits per heavy atom. The van der Waals surface area contributed by atoms with Gasteiger partial charge in [0.05, 0.1) is 17.8 Å². The van der Waals surface area contributed by atoms with Crippen molar-refractivity contribution in [1.82, 2.24) is 10.2 Å². The Kier molecular flexibility index (Phi) is 9.92. The van der Waals surface area contributed by atoms with Gasteiger partial charge in [-0.25, -0.2) is 0 Å². The van der Waals surface area contributed by atoms with Gasteiger partial charge in [-0.3, -0.25) is 9.59 Å². The Morgan fingerprint density at radius 1 is 1.31 bits per heavy atom. The van der Waals surface area contributed by atoms with Gasteiger partial charge in [0.15, 0.2) is 0 Å². The minimum atomic E-state index is -4.56. The highest BCUT2D eigenvalue weighted by Gasteiger charge is 2.33. The molecular weight excluding hydrogens is 407 g/mol. The predicted octanol–water partition coefficient (Wildman–Crippen LogP) is 3.94. The average molecular weight is 436 g/mol.